The molecule has 1 fully saturated rings. The van der Waals surface area contributed by atoms with Crippen molar-refractivity contribution in [1.29, 1.82) is 0 Å². The van der Waals surface area contributed by atoms with Crippen LogP contribution in [0.25, 0.3) is 0 Å². The highest BCUT2D eigenvalue weighted by molar-refractivity contribution is 7.92. The highest BCUT2D eigenvalue weighted by atomic mass is 35.5. The maximum Gasteiger partial charge on any atom is 0.262 e. The summed E-state index contributed by atoms with van der Waals surface area (Å²) >= 11 is 0. The number of nitrogens with one attached hydrogen (secondary N) is 3. The smallest absolute Gasteiger partial charge is 0.262 e. The standard InChI is InChI=1S/C19H23N3O4S.ClH/c1-13-3-4-15(19(23)21-12-14-10-20-11-14)9-18(13)27(24,25)22-16-5-7-17(26-2)8-6-16;/h3-9,14,20,22H,10-12H2,1-2H3,(H,21,23);1H. The van der Waals surface area contributed by atoms with Crippen molar-refractivity contribution in [1.82, 2.24) is 10.6 Å². The maximum atomic E-state index is 12.8. The van der Waals surface area contributed by atoms with Crippen LogP contribution in [0.5, 0.6) is 5.75 Å². The molecule has 28 heavy (non-hydrogen) atoms. The number of hydrogen-bond donors (Lipinski definition) is 3. The van der Waals surface area contributed by atoms with Gasteiger partial charge >= 0.3 is 0 Å². The van der Waals surface area contributed by atoms with Gasteiger partial charge in [-0.15, -0.1) is 12.4 Å². The summed E-state index contributed by atoms with van der Waals surface area (Å²) in [6, 6.07) is 11.3. The van der Waals surface area contributed by atoms with E-state index in [0.717, 1.165) is 13.1 Å². The van der Waals surface area contributed by atoms with Crippen LogP contribution in [0.15, 0.2) is 47.4 Å². The van der Waals surface area contributed by atoms with Crippen LogP contribution < -0.4 is 20.1 Å². The van der Waals surface area contributed by atoms with Crippen molar-refractivity contribution in [3.63, 3.8) is 0 Å². The second kappa shape index (κ2) is 9.27. The zero-order valence-corrected chi connectivity index (χ0v) is 17.3. The van der Waals surface area contributed by atoms with Crippen LogP contribution in [-0.4, -0.2) is 41.1 Å². The number of hydrogen-bond acceptors (Lipinski definition) is 5. The number of amides is 1. The lowest BCUT2D eigenvalue weighted by atomic mass is 10.0. The van der Waals surface area contributed by atoms with Gasteiger partial charge in [-0.05, 0) is 48.9 Å². The molecule has 0 aromatic heterocycles. The predicted molar refractivity (Wildman–Crippen MR) is 111 cm³/mol. The van der Waals surface area contributed by atoms with E-state index in [2.05, 4.69) is 15.4 Å². The molecule has 2 aromatic carbocycles. The first kappa shape index (κ1) is 22.0. The minimum atomic E-state index is -3.83. The highest BCUT2D eigenvalue weighted by Gasteiger charge is 2.21. The van der Waals surface area contributed by atoms with Crippen LogP contribution in [0.1, 0.15) is 15.9 Å². The highest BCUT2D eigenvalue weighted by Crippen LogP contribution is 2.22. The summed E-state index contributed by atoms with van der Waals surface area (Å²) in [5, 5.41) is 6.00. The summed E-state index contributed by atoms with van der Waals surface area (Å²) in [5.41, 5.74) is 1.31. The molecule has 7 nitrogen and oxygen atoms in total. The normalized spacial score (nSPS) is 13.8. The summed E-state index contributed by atoms with van der Waals surface area (Å²) in [4.78, 5) is 12.4. The largest absolute Gasteiger partial charge is 0.497 e. The van der Waals surface area contributed by atoms with Gasteiger partial charge in [0, 0.05) is 36.8 Å². The van der Waals surface area contributed by atoms with Gasteiger partial charge in [-0.2, -0.15) is 0 Å². The van der Waals surface area contributed by atoms with E-state index in [1.165, 1.54) is 6.07 Å². The second-order valence-electron chi connectivity index (χ2n) is 6.55. The Kier molecular flexibility index (Phi) is 7.29. The third-order valence-corrected chi connectivity index (χ3v) is 6.02. The van der Waals surface area contributed by atoms with Crippen molar-refractivity contribution in [2.24, 2.45) is 5.92 Å². The molecule has 1 saturated heterocycles. The Bertz CT molecular complexity index is 929. The van der Waals surface area contributed by atoms with Crippen molar-refractivity contribution in [3.8, 4) is 5.75 Å². The van der Waals surface area contributed by atoms with Gasteiger partial charge in [0.25, 0.3) is 15.9 Å². The molecule has 152 valence electrons. The molecule has 0 aliphatic carbocycles. The quantitative estimate of drug-likeness (QED) is 0.631. The molecule has 0 saturated carbocycles. The Labute approximate surface area is 171 Å². The van der Waals surface area contributed by atoms with E-state index < -0.39 is 10.0 Å². The summed E-state index contributed by atoms with van der Waals surface area (Å²) < 4.78 is 33.2. The van der Waals surface area contributed by atoms with E-state index >= 15 is 0 Å². The van der Waals surface area contributed by atoms with Crippen LogP contribution in [0.3, 0.4) is 0 Å². The number of anilines is 1. The number of halogens is 1. The maximum absolute atomic E-state index is 12.8. The van der Waals surface area contributed by atoms with Crippen molar-refractivity contribution in [2.75, 3.05) is 31.5 Å². The number of rotatable bonds is 7. The lowest BCUT2D eigenvalue weighted by molar-refractivity contribution is 0.0942. The minimum Gasteiger partial charge on any atom is -0.497 e. The SMILES string of the molecule is COc1ccc(NS(=O)(=O)c2cc(C(=O)NCC3CNC3)ccc2C)cc1.Cl. The van der Waals surface area contributed by atoms with Gasteiger partial charge in [0.15, 0.2) is 0 Å². The summed E-state index contributed by atoms with van der Waals surface area (Å²) in [5.74, 6) is 0.789. The molecule has 2 aromatic rings. The van der Waals surface area contributed by atoms with Crippen molar-refractivity contribution >= 4 is 34.0 Å². The number of ether oxygens (including phenoxy) is 1. The third kappa shape index (κ3) is 5.15. The third-order valence-electron chi connectivity index (χ3n) is 4.50. The fourth-order valence-corrected chi connectivity index (χ4v) is 4.06. The van der Waals surface area contributed by atoms with Gasteiger partial charge < -0.3 is 15.4 Å². The van der Waals surface area contributed by atoms with E-state index in [9.17, 15) is 13.2 Å². The average molecular weight is 426 g/mol. The molecule has 0 atom stereocenters. The fraction of sp³-hybridized carbons (Fsp3) is 0.316. The number of sulfonamides is 1. The lowest BCUT2D eigenvalue weighted by Gasteiger charge is -2.27. The number of carbonyl (C=O) groups is 1. The van der Waals surface area contributed by atoms with Crippen molar-refractivity contribution in [3.05, 3.63) is 53.6 Å². The zero-order valence-electron chi connectivity index (χ0n) is 15.7. The van der Waals surface area contributed by atoms with Gasteiger partial charge in [-0.25, -0.2) is 8.42 Å². The number of carbonyl (C=O) groups excluding carboxylic acids is 1. The molecule has 0 bridgehead atoms. The Morgan fingerprint density at radius 3 is 2.43 bits per heavy atom. The lowest BCUT2D eigenvalue weighted by Crippen LogP contribution is -2.48. The topological polar surface area (TPSA) is 96.5 Å². The monoisotopic (exact) mass is 425 g/mol. The Balaban J connectivity index is 0.00000280. The number of benzene rings is 2. The van der Waals surface area contributed by atoms with E-state index in [1.807, 2.05) is 0 Å². The molecular weight excluding hydrogens is 402 g/mol. The zero-order chi connectivity index (χ0) is 19.4. The van der Waals surface area contributed by atoms with Crippen LogP contribution in [0.2, 0.25) is 0 Å². The van der Waals surface area contributed by atoms with E-state index in [0.29, 0.717) is 35.0 Å². The molecule has 3 N–H and O–H groups in total. The number of aryl methyl sites for hydroxylation is 1. The molecule has 1 amide bonds. The Morgan fingerprint density at radius 1 is 1.18 bits per heavy atom. The molecule has 1 aliphatic heterocycles. The molecular formula is C19H24ClN3O4S. The van der Waals surface area contributed by atoms with Crippen LogP contribution in [-0.2, 0) is 10.0 Å². The van der Waals surface area contributed by atoms with Crippen LogP contribution >= 0.6 is 12.4 Å². The Morgan fingerprint density at radius 2 is 1.86 bits per heavy atom. The van der Waals surface area contributed by atoms with Gasteiger partial charge in [0.1, 0.15) is 5.75 Å². The van der Waals surface area contributed by atoms with Crippen LogP contribution in [0.4, 0.5) is 5.69 Å². The molecule has 0 unspecified atom stereocenters. The molecule has 3 rings (SSSR count). The first-order chi connectivity index (χ1) is 12.9. The van der Waals surface area contributed by atoms with Crippen molar-refractivity contribution in [2.45, 2.75) is 11.8 Å². The van der Waals surface area contributed by atoms with Gasteiger partial charge in [-0.3, -0.25) is 9.52 Å². The average Bonchev–Trinajstić information content (AvgIpc) is 2.60. The summed E-state index contributed by atoms with van der Waals surface area (Å²) in [6.07, 6.45) is 0. The second-order valence-corrected chi connectivity index (χ2v) is 8.20. The molecule has 1 aliphatic rings. The van der Waals surface area contributed by atoms with E-state index in [-0.39, 0.29) is 23.2 Å². The first-order valence-electron chi connectivity index (χ1n) is 8.65. The Hall–Kier alpha value is -2.29. The van der Waals surface area contributed by atoms with Crippen molar-refractivity contribution < 1.29 is 17.9 Å². The van der Waals surface area contributed by atoms with Crippen LogP contribution in [0, 0.1) is 12.8 Å². The molecule has 9 heteroatoms. The molecule has 0 radical (unpaired) electrons. The first-order valence-corrected chi connectivity index (χ1v) is 10.1. The van der Waals surface area contributed by atoms with E-state index in [4.69, 9.17) is 4.74 Å². The van der Waals surface area contributed by atoms with Gasteiger partial charge in [-0.1, -0.05) is 6.07 Å². The summed E-state index contributed by atoms with van der Waals surface area (Å²) in [6.45, 7) is 4.05. The minimum absolute atomic E-state index is 0. The summed E-state index contributed by atoms with van der Waals surface area (Å²) in [7, 11) is -2.28. The number of methoxy groups -OCH3 is 1. The molecule has 0 spiro atoms. The fourth-order valence-electron chi connectivity index (χ4n) is 2.73. The van der Waals surface area contributed by atoms with E-state index in [1.54, 1.807) is 50.4 Å². The predicted octanol–water partition coefficient (Wildman–Crippen LogP) is 2.18. The van der Waals surface area contributed by atoms with Gasteiger partial charge in [0.05, 0.1) is 12.0 Å². The van der Waals surface area contributed by atoms with Gasteiger partial charge in [0.2, 0.25) is 0 Å². The molecule has 1 heterocycles.